The Hall–Kier alpha value is 1.26. The molecule has 0 aromatic carbocycles. The molecule has 0 bridgehead atoms. The summed E-state index contributed by atoms with van der Waals surface area (Å²) < 4.78 is 3.89. The molecule has 1 aliphatic heterocycles. The van der Waals surface area contributed by atoms with E-state index in [9.17, 15) is 9.59 Å². The molecule has 4 nitrogen and oxygen atoms in total. The molecular weight excluding hydrogens is 420 g/mol. The molecule has 0 aromatic heterocycles. The van der Waals surface area contributed by atoms with Gasteiger partial charge in [0.05, 0.1) is 0 Å². The van der Waals surface area contributed by atoms with Crippen LogP contribution in [0.25, 0.3) is 0 Å². The topological polar surface area (TPSA) is 52.6 Å². The minimum absolute atomic E-state index is 1.50. The van der Waals surface area contributed by atoms with Gasteiger partial charge in [0, 0.05) is 0 Å². The van der Waals surface area contributed by atoms with Crippen LogP contribution in [0.1, 0.15) is 0 Å². The molecule has 0 unspecified atom stereocenters. The fraction of sp³-hybridized carbons (Fsp3) is 0.667. The number of hydrogen-bond donors (Lipinski definition) is 0. The van der Waals surface area contributed by atoms with E-state index in [2.05, 4.69) is 9.47 Å². The monoisotopic (exact) mass is 416 g/mol. The Labute approximate surface area is 141 Å². The van der Waals surface area contributed by atoms with Crippen molar-refractivity contribution in [3.05, 3.63) is 0 Å². The summed E-state index contributed by atoms with van der Waals surface area (Å²) in [5.41, 5.74) is 0. The number of esters is 2. The second-order valence-electron chi connectivity index (χ2n) is 2.97. The predicted molar refractivity (Wildman–Crippen MR) is 69.9 cm³/mol. The van der Waals surface area contributed by atoms with Gasteiger partial charge in [0.2, 0.25) is 0 Å². The number of hydrogen-bond acceptors (Lipinski definition) is 4. The standard InChI is InChI=1S/C6Cl8O4/c7-3(5(9,10)11)1(15)17-4(8,2(16)18-3)6(12,13)14/t3-,4-/m0/s1. The van der Waals surface area contributed by atoms with Gasteiger partial charge in [-0.2, -0.15) is 0 Å². The summed E-state index contributed by atoms with van der Waals surface area (Å²) in [6.45, 7) is 0. The van der Waals surface area contributed by atoms with Crippen LogP contribution in [0.15, 0.2) is 0 Å². The minimum atomic E-state index is -2.73. The summed E-state index contributed by atoms with van der Waals surface area (Å²) in [6.07, 6.45) is 0. The number of rotatable bonds is 0. The number of alkyl halides is 8. The first-order valence-corrected chi connectivity index (χ1v) is 6.76. The van der Waals surface area contributed by atoms with E-state index in [0.29, 0.717) is 0 Å². The molecule has 1 saturated heterocycles. The minimum Gasteiger partial charge on any atom is -0.423 e. The third kappa shape index (κ3) is 2.68. The molecule has 18 heavy (non-hydrogen) atoms. The molecule has 0 amide bonds. The molecule has 2 atom stereocenters. The Morgan fingerprint density at radius 3 is 1.11 bits per heavy atom. The third-order valence-electron chi connectivity index (χ3n) is 1.72. The SMILES string of the molecule is O=C1O[C@](Cl)(C(Cl)(Cl)Cl)C(=O)O[C@]1(Cl)C(Cl)(Cl)Cl. The molecule has 1 heterocycles. The van der Waals surface area contributed by atoms with Crippen molar-refractivity contribution >= 4 is 105 Å². The molecule has 0 saturated carbocycles. The van der Waals surface area contributed by atoms with E-state index in [1.54, 1.807) is 0 Å². The van der Waals surface area contributed by atoms with Crippen molar-refractivity contribution in [2.75, 3.05) is 0 Å². The lowest BCUT2D eigenvalue weighted by Gasteiger charge is -2.41. The predicted octanol–water partition coefficient (Wildman–Crippen LogP) is 3.70. The Morgan fingerprint density at radius 1 is 0.722 bits per heavy atom. The van der Waals surface area contributed by atoms with Crippen LogP contribution in [0.3, 0.4) is 0 Å². The summed E-state index contributed by atoms with van der Waals surface area (Å²) in [7, 11) is 0. The molecule has 0 aliphatic carbocycles. The van der Waals surface area contributed by atoms with Crippen molar-refractivity contribution in [2.24, 2.45) is 0 Å². The average Bonchev–Trinajstić information content (AvgIpc) is 2.11. The van der Waals surface area contributed by atoms with Crippen molar-refractivity contribution in [3.63, 3.8) is 0 Å². The van der Waals surface area contributed by atoms with E-state index in [4.69, 9.17) is 92.8 Å². The zero-order valence-electron chi connectivity index (χ0n) is 7.66. The largest absolute Gasteiger partial charge is 0.423 e. The van der Waals surface area contributed by atoms with Gasteiger partial charge >= 0.3 is 22.1 Å². The van der Waals surface area contributed by atoms with Crippen LogP contribution in [-0.2, 0) is 19.1 Å². The lowest BCUT2D eigenvalue weighted by atomic mass is 10.3. The lowest BCUT2D eigenvalue weighted by Crippen LogP contribution is -2.64. The highest BCUT2D eigenvalue weighted by Crippen LogP contribution is 2.53. The maximum absolute atomic E-state index is 11.6. The Morgan fingerprint density at radius 2 is 0.944 bits per heavy atom. The summed E-state index contributed by atoms with van der Waals surface area (Å²) in [6, 6.07) is 0. The lowest BCUT2D eigenvalue weighted by molar-refractivity contribution is -0.204. The second kappa shape index (κ2) is 4.92. The smallest absolute Gasteiger partial charge is 0.373 e. The zero-order chi connectivity index (χ0) is 14.6. The Bertz CT molecular complexity index is 361. The van der Waals surface area contributed by atoms with Gasteiger partial charge in [-0.3, -0.25) is 0 Å². The molecular formula is C6Cl8O4. The van der Waals surface area contributed by atoms with Crippen molar-refractivity contribution < 1.29 is 19.1 Å². The molecule has 1 fully saturated rings. The van der Waals surface area contributed by atoms with Crippen LogP contribution < -0.4 is 0 Å². The van der Waals surface area contributed by atoms with Crippen LogP contribution in [0.4, 0.5) is 0 Å². The van der Waals surface area contributed by atoms with Crippen molar-refractivity contribution in [3.8, 4) is 0 Å². The van der Waals surface area contributed by atoms with Crippen LogP contribution in [0.2, 0.25) is 0 Å². The first kappa shape index (κ1) is 17.3. The van der Waals surface area contributed by atoms with Crippen molar-refractivity contribution in [1.29, 1.82) is 0 Å². The van der Waals surface area contributed by atoms with Gasteiger partial charge in [-0.05, 0) is 0 Å². The summed E-state index contributed by atoms with van der Waals surface area (Å²) in [4.78, 5) is 23.3. The second-order valence-corrected chi connectivity index (χ2v) is 8.59. The summed E-state index contributed by atoms with van der Waals surface area (Å²) >= 11 is 43.5. The molecule has 104 valence electrons. The Kier molecular flexibility index (Phi) is 4.73. The Balaban J connectivity index is 3.20. The van der Waals surface area contributed by atoms with E-state index in [-0.39, 0.29) is 0 Å². The maximum atomic E-state index is 11.6. The van der Waals surface area contributed by atoms with Crippen LogP contribution in [0.5, 0.6) is 0 Å². The van der Waals surface area contributed by atoms with E-state index in [0.717, 1.165) is 0 Å². The zero-order valence-corrected chi connectivity index (χ0v) is 13.7. The molecule has 0 spiro atoms. The fourth-order valence-electron chi connectivity index (χ4n) is 0.817. The van der Waals surface area contributed by atoms with Gasteiger partial charge in [-0.25, -0.2) is 9.59 Å². The van der Waals surface area contributed by atoms with Gasteiger partial charge in [-0.15, -0.1) is 0 Å². The summed E-state index contributed by atoms with van der Waals surface area (Å²) in [5, 5.41) is -5.47. The van der Waals surface area contributed by atoms with Gasteiger partial charge < -0.3 is 9.47 Å². The molecule has 0 N–H and O–H groups in total. The molecule has 0 aromatic rings. The number of carbonyl (C=O) groups is 2. The number of ether oxygens (including phenoxy) is 2. The van der Waals surface area contributed by atoms with Gasteiger partial charge in [0.1, 0.15) is 0 Å². The highest BCUT2D eigenvalue weighted by molar-refractivity contribution is 6.74. The number of carbonyl (C=O) groups excluding carboxylic acids is 2. The van der Waals surface area contributed by atoms with Gasteiger partial charge in [0.15, 0.2) is 0 Å². The maximum Gasteiger partial charge on any atom is 0.373 e. The van der Waals surface area contributed by atoms with Crippen molar-refractivity contribution in [2.45, 2.75) is 17.7 Å². The van der Waals surface area contributed by atoms with Crippen LogP contribution in [0, 0.1) is 0 Å². The normalized spacial score (nSPS) is 34.0. The molecule has 0 radical (unpaired) electrons. The van der Waals surface area contributed by atoms with Crippen LogP contribution in [-0.4, -0.2) is 29.6 Å². The quantitative estimate of drug-likeness (QED) is 0.444. The third-order valence-corrected chi connectivity index (χ3v) is 4.93. The van der Waals surface area contributed by atoms with E-state index < -0.39 is 29.6 Å². The fourth-order valence-corrected chi connectivity index (χ4v) is 1.73. The number of halogens is 8. The van der Waals surface area contributed by atoms with E-state index >= 15 is 0 Å². The van der Waals surface area contributed by atoms with Crippen LogP contribution >= 0.6 is 92.8 Å². The number of cyclic esters (lactones) is 2. The highest BCUT2D eigenvalue weighted by Gasteiger charge is 2.71. The van der Waals surface area contributed by atoms with Crippen molar-refractivity contribution in [1.82, 2.24) is 0 Å². The molecule has 12 heteroatoms. The molecule has 1 aliphatic rings. The molecule has 1 rings (SSSR count). The summed E-state index contributed by atoms with van der Waals surface area (Å²) in [5.74, 6) is -2.99. The first-order valence-electron chi connectivity index (χ1n) is 3.74. The first-order chi connectivity index (χ1) is 7.76. The van der Waals surface area contributed by atoms with Gasteiger partial charge in [-0.1, -0.05) is 92.8 Å². The van der Waals surface area contributed by atoms with E-state index in [1.165, 1.54) is 0 Å². The average molecular weight is 420 g/mol. The highest BCUT2D eigenvalue weighted by atomic mass is 35.6. The van der Waals surface area contributed by atoms with E-state index in [1.807, 2.05) is 0 Å². The van der Waals surface area contributed by atoms with Gasteiger partial charge in [0.25, 0.3) is 7.59 Å².